The second-order valence-electron chi connectivity index (χ2n) is 4.89. The fourth-order valence-corrected chi connectivity index (χ4v) is 2.44. The summed E-state index contributed by atoms with van der Waals surface area (Å²) in [7, 11) is 0. The quantitative estimate of drug-likeness (QED) is 0.669. The highest BCUT2D eigenvalue weighted by Crippen LogP contribution is 2.39. The summed E-state index contributed by atoms with van der Waals surface area (Å²) in [5.74, 6) is 1.28. The van der Waals surface area contributed by atoms with Crippen LogP contribution in [0.5, 0.6) is 0 Å². The predicted octanol–water partition coefficient (Wildman–Crippen LogP) is 3.16. The Hall–Kier alpha value is -0.560. The van der Waals surface area contributed by atoms with E-state index in [1.54, 1.807) is 0 Å². The van der Waals surface area contributed by atoms with Crippen LogP contribution in [0.25, 0.3) is 0 Å². The van der Waals surface area contributed by atoms with Crippen LogP contribution in [0.15, 0.2) is 24.3 Å². The van der Waals surface area contributed by atoms with E-state index >= 15 is 0 Å². The molecule has 80 valence electrons. The molecule has 0 aromatic carbocycles. The molecule has 0 radical (unpaired) electrons. The average molecular weight is 194 g/mol. The van der Waals surface area contributed by atoms with Gasteiger partial charge in [-0.05, 0) is 44.4 Å². The van der Waals surface area contributed by atoms with Gasteiger partial charge in [-0.25, -0.2) is 0 Å². The SMILES string of the molecule is C=C(C)[C@@H]1CC(O)C(C)[C@@H](C(=C)C)C1. The standard InChI is InChI=1S/C13H22O/c1-8(2)11-6-12(9(3)4)10(5)13(14)7-11/h10-14H,1,3,6-7H2,2,4-5H3/t10?,11-,12+,13?/m0/s1. The molecule has 1 fully saturated rings. The smallest absolute Gasteiger partial charge is 0.0577 e. The van der Waals surface area contributed by atoms with Gasteiger partial charge in [0.2, 0.25) is 0 Å². The van der Waals surface area contributed by atoms with Crippen molar-refractivity contribution >= 4 is 0 Å². The van der Waals surface area contributed by atoms with Crippen LogP contribution >= 0.6 is 0 Å². The summed E-state index contributed by atoms with van der Waals surface area (Å²) in [6, 6.07) is 0. The molecule has 1 rings (SSSR count). The van der Waals surface area contributed by atoms with Gasteiger partial charge in [-0.15, -0.1) is 0 Å². The maximum absolute atomic E-state index is 9.93. The van der Waals surface area contributed by atoms with Crippen LogP contribution in [-0.4, -0.2) is 11.2 Å². The molecule has 1 aliphatic rings. The van der Waals surface area contributed by atoms with E-state index in [0.29, 0.717) is 17.8 Å². The van der Waals surface area contributed by atoms with E-state index in [1.807, 2.05) is 0 Å². The van der Waals surface area contributed by atoms with Crippen LogP contribution in [-0.2, 0) is 0 Å². The first-order valence-corrected chi connectivity index (χ1v) is 5.42. The molecule has 0 aromatic heterocycles. The van der Waals surface area contributed by atoms with E-state index in [0.717, 1.165) is 12.8 Å². The summed E-state index contributed by atoms with van der Waals surface area (Å²) in [5.41, 5.74) is 2.39. The second kappa shape index (κ2) is 4.31. The minimum absolute atomic E-state index is 0.188. The molecule has 1 aliphatic carbocycles. The summed E-state index contributed by atoms with van der Waals surface area (Å²) in [6.45, 7) is 14.3. The zero-order chi connectivity index (χ0) is 10.9. The van der Waals surface area contributed by atoms with Crippen LogP contribution in [0.2, 0.25) is 0 Å². The molecule has 14 heavy (non-hydrogen) atoms. The molecule has 2 unspecified atom stereocenters. The molecule has 4 atom stereocenters. The van der Waals surface area contributed by atoms with E-state index in [-0.39, 0.29) is 6.10 Å². The maximum atomic E-state index is 9.93. The van der Waals surface area contributed by atoms with Crippen molar-refractivity contribution in [1.29, 1.82) is 0 Å². The summed E-state index contributed by atoms with van der Waals surface area (Å²) in [6.07, 6.45) is 1.80. The van der Waals surface area contributed by atoms with Crippen LogP contribution in [0.1, 0.15) is 33.6 Å². The van der Waals surface area contributed by atoms with Crippen molar-refractivity contribution in [2.24, 2.45) is 17.8 Å². The predicted molar refractivity (Wildman–Crippen MR) is 61.0 cm³/mol. The van der Waals surface area contributed by atoms with Crippen molar-refractivity contribution < 1.29 is 5.11 Å². The molecule has 1 nitrogen and oxygen atoms in total. The first-order valence-electron chi connectivity index (χ1n) is 5.42. The Morgan fingerprint density at radius 3 is 2.14 bits per heavy atom. The minimum Gasteiger partial charge on any atom is -0.393 e. The molecule has 0 saturated heterocycles. The Labute approximate surface area is 87.5 Å². The van der Waals surface area contributed by atoms with E-state index in [4.69, 9.17) is 0 Å². The van der Waals surface area contributed by atoms with E-state index < -0.39 is 0 Å². The Balaban J connectivity index is 2.76. The topological polar surface area (TPSA) is 20.2 Å². The Kier molecular flexibility index (Phi) is 3.54. The van der Waals surface area contributed by atoms with Gasteiger partial charge in [-0.1, -0.05) is 31.2 Å². The lowest BCUT2D eigenvalue weighted by molar-refractivity contribution is 0.0351. The van der Waals surface area contributed by atoms with Crippen LogP contribution in [0.3, 0.4) is 0 Å². The summed E-state index contributed by atoms with van der Waals surface area (Å²) in [5, 5.41) is 9.93. The second-order valence-corrected chi connectivity index (χ2v) is 4.89. The van der Waals surface area contributed by atoms with E-state index in [2.05, 4.69) is 33.9 Å². The lowest BCUT2D eigenvalue weighted by Crippen LogP contribution is -2.35. The van der Waals surface area contributed by atoms with Crippen molar-refractivity contribution in [2.75, 3.05) is 0 Å². The molecule has 0 aliphatic heterocycles. The molecule has 0 heterocycles. The third-order valence-electron chi connectivity index (χ3n) is 3.64. The summed E-state index contributed by atoms with van der Waals surface area (Å²) in [4.78, 5) is 0. The normalized spacial score (nSPS) is 38.0. The van der Waals surface area contributed by atoms with Crippen molar-refractivity contribution in [3.63, 3.8) is 0 Å². The summed E-state index contributed by atoms with van der Waals surface area (Å²) >= 11 is 0. The van der Waals surface area contributed by atoms with E-state index in [1.165, 1.54) is 11.1 Å². The highest BCUT2D eigenvalue weighted by Gasteiger charge is 2.34. The molecule has 0 amide bonds. The minimum atomic E-state index is -0.188. The number of aliphatic hydroxyl groups is 1. The highest BCUT2D eigenvalue weighted by molar-refractivity contribution is 5.08. The number of allylic oxidation sites excluding steroid dienone is 2. The molecule has 1 saturated carbocycles. The largest absolute Gasteiger partial charge is 0.393 e. The number of aliphatic hydroxyl groups excluding tert-OH is 1. The Morgan fingerprint density at radius 1 is 1.14 bits per heavy atom. The molecule has 0 aromatic rings. The van der Waals surface area contributed by atoms with Crippen molar-refractivity contribution in [2.45, 2.75) is 39.7 Å². The van der Waals surface area contributed by atoms with Gasteiger partial charge in [0, 0.05) is 0 Å². The third kappa shape index (κ3) is 2.27. The number of rotatable bonds is 2. The lowest BCUT2D eigenvalue weighted by Gasteiger charge is -2.38. The van der Waals surface area contributed by atoms with Gasteiger partial charge < -0.3 is 5.11 Å². The van der Waals surface area contributed by atoms with Gasteiger partial charge in [-0.3, -0.25) is 0 Å². The van der Waals surface area contributed by atoms with Crippen molar-refractivity contribution in [1.82, 2.24) is 0 Å². The number of hydrogen-bond acceptors (Lipinski definition) is 1. The van der Waals surface area contributed by atoms with Gasteiger partial charge >= 0.3 is 0 Å². The average Bonchev–Trinajstić information content (AvgIpc) is 2.08. The van der Waals surface area contributed by atoms with E-state index in [9.17, 15) is 5.11 Å². The van der Waals surface area contributed by atoms with Crippen molar-refractivity contribution in [3.05, 3.63) is 24.3 Å². The van der Waals surface area contributed by atoms with Crippen LogP contribution < -0.4 is 0 Å². The molecule has 1 heteroatoms. The molecule has 1 N–H and O–H groups in total. The monoisotopic (exact) mass is 194 g/mol. The third-order valence-corrected chi connectivity index (χ3v) is 3.64. The zero-order valence-corrected chi connectivity index (χ0v) is 9.59. The fraction of sp³-hybridized carbons (Fsp3) is 0.692. The molecule has 0 bridgehead atoms. The molecular formula is C13H22O. The molecular weight excluding hydrogens is 172 g/mol. The van der Waals surface area contributed by atoms with Crippen LogP contribution in [0, 0.1) is 17.8 Å². The van der Waals surface area contributed by atoms with Gasteiger partial charge in [0.25, 0.3) is 0 Å². The van der Waals surface area contributed by atoms with Crippen molar-refractivity contribution in [3.8, 4) is 0 Å². The Bertz CT molecular complexity index is 242. The fourth-order valence-electron chi connectivity index (χ4n) is 2.44. The Morgan fingerprint density at radius 2 is 1.71 bits per heavy atom. The molecule has 0 spiro atoms. The highest BCUT2D eigenvalue weighted by atomic mass is 16.3. The van der Waals surface area contributed by atoms with Gasteiger partial charge in [-0.2, -0.15) is 0 Å². The van der Waals surface area contributed by atoms with Gasteiger partial charge in [0.05, 0.1) is 6.10 Å². The maximum Gasteiger partial charge on any atom is 0.0577 e. The first kappa shape index (κ1) is 11.5. The lowest BCUT2D eigenvalue weighted by atomic mass is 9.69. The first-order chi connectivity index (χ1) is 6.43. The van der Waals surface area contributed by atoms with Gasteiger partial charge in [0.15, 0.2) is 0 Å². The summed E-state index contributed by atoms with van der Waals surface area (Å²) < 4.78 is 0. The zero-order valence-electron chi connectivity index (χ0n) is 9.59. The van der Waals surface area contributed by atoms with Gasteiger partial charge in [0.1, 0.15) is 0 Å². The number of hydrogen-bond donors (Lipinski definition) is 1. The van der Waals surface area contributed by atoms with Crippen LogP contribution in [0.4, 0.5) is 0 Å².